The van der Waals surface area contributed by atoms with Crippen molar-refractivity contribution in [3.05, 3.63) is 52.6 Å². The Labute approximate surface area is 104 Å². The molecule has 0 aromatic heterocycles. The number of amides is 1. The fourth-order valence-electron chi connectivity index (χ4n) is 1.49. The molecule has 1 aromatic carbocycles. The molecule has 0 heterocycles. The van der Waals surface area contributed by atoms with Gasteiger partial charge in [-0.15, -0.1) is 6.58 Å². The van der Waals surface area contributed by atoms with Gasteiger partial charge in [0.1, 0.15) is 0 Å². The number of nitro groups is 1. The van der Waals surface area contributed by atoms with Crippen LogP contribution in [-0.4, -0.2) is 40.5 Å². The second-order valence-corrected chi connectivity index (χ2v) is 3.57. The highest BCUT2D eigenvalue weighted by Gasteiger charge is 2.16. The molecule has 0 aliphatic carbocycles. The highest BCUT2D eigenvalue weighted by atomic mass is 16.6. The zero-order valence-corrected chi connectivity index (χ0v) is 9.78. The molecule has 0 atom stereocenters. The lowest BCUT2D eigenvalue weighted by atomic mass is 10.1. The fourth-order valence-corrected chi connectivity index (χ4v) is 1.49. The van der Waals surface area contributed by atoms with Crippen molar-refractivity contribution in [3.63, 3.8) is 0 Å². The molecule has 0 bridgehead atoms. The summed E-state index contributed by atoms with van der Waals surface area (Å²) in [6, 6.07) is 5.50. The molecule has 96 valence electrons. The van der Waals surface area contributed by atoms with E-state index in [2.05, 4.69) is 6.58 Å². The van der Waals surface area contributed by atoms with E-state index in [1.807, 2.05) is 0 Å². The molecule has 0 spiro atoms. The second-order valence-electron chi connectivity index (χ2n) is 3.57. The van der Waals surface area contributed by atoms with Gasteiger partial charge in [-0.3, -0.25) is 14.9 Å². The Morgan fingerprint density at radius 3 is 2.83 bits per heavy atom. The smallest absolute Gasteiger partial charge is 0.270 e. The van der Waals surface area contributed by atoms with Crippen molar-refractivity contribution in [2.75, 3.05) is 19.7 Å². The number of nitrogens with zero attached hydrogens (tertiary/aromatic N) is 2. The molecule has 0 saturated carbocycles. The van der Waals surface area contributed by atoms with Gasteiger partial charge in [0, 0.05) is 30.8 Å². The summed E-state index contributed by atoms with van der Waals surface area (Å²) in [6.45, 7) is 3.79. The first kappa shape index (κ1) is 13.9. The number of rotatable bonds is 6. The highest BCUT2D eigenvalue weighted by Crippen LogP contribution is 2.14. The highest BCUT2D eigenvalue weighted by molar-refractivity contribution is 5.94. The Kier molecular flexibility index (Phi) is 5.01. The largest absolute Gasteiger partial charge is 0.395 e. The molecule has 0 fully saturated rings. The maximum absolute atomic E-state index is 12.0. The predicted octanol–water partition coefficient (Wildman–Crippen LogP) is 1.22. The molecule has 1 aromatic rings. The minimum Gasteiger partial charge on any atom is -0.395 e. The number of carbonyl (C=O) groups is 1. The maximum Gasteiger partial charge on any atom is 0.270 e. The van der Waals surface area contributed by atoms with Crippen LogP contribution in [0.5, 0.6) is 0 Å². The van der Waals surface area contributed by atoms with Gasteiger partial charge in [-0.2, -0.15) is 0 Å². The van der Waals surface area contributed by atoms with Crippen molar-refractivity contribution in [2.24, 2.45) is 0 Å². The zero-order chi connectivity index (χ0) is 13.5. The summed E-state index contributed by atoms with van der Waals surface area (Å²) in [5.41, 5.74) is 0.0860. The molecular weight excluding hydrogens is 236 g/mol. The third-order valence-electron chi connectivity index (χ3n) is 2.31. The van der Waals surface area contributed by atoms with E-state index >= 15 is 0 Å². The molecule has 0 unspecified atom stereocenters. The molecule has 0 saturated heterocycles. The molecule has 0 radical (unpaired) electrons. The summed E-state index contributed by atoms with van der Waals surface area (Å²) in [4.78, 5) is 23.5. The van der Waals surface area contributed by atoms with E-state index in [-0.39, 0.29) is 36.9 Å². The van der Waals surface area contributed by atoms with Crippen LogP contribution in [0.4, 0.5) is 5.69 Å². The SMILES string of the molecule is C=CCN(CCO)C(=O)c1cccc([N+](=O)[O-])c1. The van der Waals surface area contributed by atoms with Gasteiger partial charge in [0.05, 0.1) is 11.5 Å². The van der Waals surface area contributed by atoms with E-state index in [0.717, 1.165) is 0 Å². The minimum absolute atomic E-state index is 0.136. The van der Waals surface area contributed by atoms with E-state index in [0.29, 0.717) is 0 Å². The van der Waals surface area contributed by atoms with Crippen LogP contribution in [0.1, 0.15) is 10.4 Å². The maximum atomic E-state index is 12.0. The van der Waals surface area contributed by atoms with Crippen LogP contribution in [0.2, 0.25) is 0 Å². The lowest BCUT2D eigenvalue weighted by Crippen LogP contribution is -2.33. The number of aliphatic hydroxyl groups is 1. The number of hydrogen-bond acceptors (Lipinski definition) is 4. The van der Waals surface area contributed by atoms with Gasteiger partial charge in [-0.1, -0.05) is 12.1 Å². The molecule has 1 amide bonds. The quantitative estimate of drug-likeness (QED) is 0.467. The van der Waals surface area contributed by atoms with E-state index in [1.54, 1.807) is 0 Å². The van der Waals surface area contributed by atoms with Crippen LogP contribution < -0.4 is 0 Å². The standard InChI is InChI=1S/C12H14N2O4/c1-2-6-13(7-8-15)12(16)10-4-3-5-11(9-10)14(17)18/h2-5,9,15H,1,6-8H2. The van der Waals surface area contributed by atoms with Gasteiger partial charge in [-0.25, -0.2) is 0 Å². The van der Waals surface area contributed by atoms with E-state index in [9.17, 15) is 14.9 Å². The first-order chi connectivity index (χ1) is 8.60. The van der Waals surface area contributed by atoms with Crippen molar-refractivity contribution < 1.29 is 14.8 Å². The summed E-state index contributed by atoms with van der Waals surface area (Å²) >= 11 is 0. The first-order valence-electron chi connectivity index (χ1n) is 5.35. The van der Waals surface area contributed by atoms with Crippen LogP contribution in [-0.2, 0) is 0 Å². The second kappa shape index (κ2) is 6.51. The third-order valence-corrected chi connectivity index (χ3v) is 2.31. The van der Waals surface area contributed by atoms with Crippen LogP contribution in [0.25, 0.3) is 0 Å². The summed E-state index contributed by atoms with van der Waals surface area (Å²) in [6.07, 6.45) is 1.53. The molecule has 6 nitrogen and oxygen atoms in total. The van der Waals surface area contributed by atoms with Gasteiger partial charge in [0.2, 0.25) is 0 Å². The van der Waals surface area contributed by atoms with Gasteiger partial charge in [-0.05, 0) is 6.07 Å². The van der Waals surface area contributed by atoms with Crippen molar-refractivity contribution >= 4 is 11.6 Å². The number of carbonyl (C=O) groups excluding carboxylic acids is 1. The third kappa shape index (κ3) is 3.39. The Balaban J connectivity index is 2.96. The summed E-state index contributed by atoms with van der Waals surface area (Å²) in [5.74, 6) is -0.368. The normalized spacial score (nSPS) is 9.83. The minimum atomic E-state index is -0.555. The monoisotopic (exact) mass is 250 g/mol. The van der Waals surface area contributed by atoms with E-state index in [1.165, 1.54) is 35.2 Å². The number of nitro benzene ring substituents is 1. The van der Waals surface area contributed by atoms with E-state index < -0.39 is 4.92 Å². The Bertz CT molecular complexity index is 459. The molecule has 1 rings (SSSR count). The molecular formula is C12H14N2O4. The molecule has 18 heavy (non-hydrogen) atoms. The molecule has 0 aliphatic rings. The van der Waals surface area contributed by atoms with Crippen molar-refractivity contribution in [1.82, 2.24) is 4.90 Å². The summed E-state index contributed by atoms with van der Waals surface area (Å²) < 4.78 is 0. The fraction of sp³-hybridized carbons (Fsp3) is 0.250. The Hall–Kier alpha value is -2.21. The average Bonchev–Trinajstić information content (AvgIpc) is 2.38. The first-order valence-corrected chi connectivity index (χ1v) is 5.35. The van der Waals surface area contributed by atoms with Crippen LogP contribution in [0, 0.1) is 10.1 Å². The van der Waals surface area contributed by atoms with Crippen molar-refractivity contribution in [1.29, 1.82) is 0 Å². The summed E-state index contributed by atoms with van der Waals surface area (Å²) in [7, 11) is 0. The molecule has 1 N–H and O–H groups in total. The molecule has 6 heteroatoms. The topological polar surface area (TPSA) is 83.7 Å². The Morgan fingerprint density at radius 1 is 1.56 bits per heavy atom. The number of benzene rings is 1. The predicted molar refractivity (Wildman–Crippen MR) is 66.3 cm³/mol. The van der Waals surface area contributed by atoms with Gasteiger partial charge >= 0.3 is 0 Å². The van der Waals surface area contributed by atoms with Crippen LogP contribution in [0.3, 0.4) is 0 Å². The zero-order valence-electron chi connectivity index (χ0n) is 9.78. The number of aliphatic hydroxyl groups excluding tert-OH is 1. The number of hydrogen-bond donors (Lipinski definition) is 1. The molecule has 0 aliphatic heterocycles. The van der Waals surface area contributed by atoms with Crippen molar-refractivity contribution in [3.8, 4) is 0 Å². The van der Waals surface area contributed by atoms with Crippen LogP contribution >= 0.6 is 0 Å². The van der Waals surface area contributed by atoms with Gasteiger partial charge in [0.25, 0.3) is 11.6 Å². The summed E-state index contributed by atoms with van der Waals surface area (Å²) in [5, 5.41) is 19.5. The van der Waals surface area contributed by atoms with E-state index in [4.69, 9.17) is 5.11 Å². The lowest BCUT2D eigenvalue weighted by molar-refractivity contribution is -0.384. The lowest BCUT2D eigenvalue weighted by Gasteiger charge is -2.19. The average molecular weight is 250 g/mol. The van der Waals surface area contributed by atoms with Crippen LogP contribution in [0.15, 0.2) is 36.9 Å². The Morgan fingerprint density at radius 2 is 2.28 bits per heavy atom. The number of non-ortho nitro benzene ring substituents is 1. The van der Waals surface area contributed by atoms with Gasteiger partial charge < -0.3 is 10.0 Å². The van der Waals surface area contributed by atoms with Crippen molar-refractivity contribution in [2.45, 2.75) is 0 Å². The van der Waals surface area contributed by atoms with Gasteiger partial charge in [0.15, 0.2) is 0 Å².